The number of rotatable bonds is 4. The van der Waals surface area contributed by atoms with E-state index in [0.717, 1.165) is 12.8 Å². The molecule has 62 valence electrons. The molecule has 0 saturated carbocycles. The Bertz CT molecular complexity index is 157. The van der Waals surface area contributed by atoms with Crippen LogP contribution in [0.15, 0.2) is 0 Å². The standard InChI is InChI=1S/C9H15NO/c1-4-6-8(3)9(11)10-7-5-2/h2,8H,4,6-7H2,1,3H3,(H,10,11). The van der Waals surface area contributed by atoms with E-state index in [0.29, 0.717) is 6.54 Å². The fourth-order valence-electron chi connectivity index (χ4n) is 0.876. The largest absolute Gasteiger partial charge is 0.345 e. The predicted molar refractivity (Wildman–Crippen MR) is 45.9 cm³/mol. The maximum Gasteiger partial charge on any atom is 0.223 e. The molecule has 0 saturated heterocycles. The number of nitrogens with one attached hydrogen (secondary N) is 1. The molecular weight excluding hydrogens is 138 g/mol. The van der Waals surface area contributed by atoms with Crippen LogP contribution in [-0.4, -0.2) is 12.5 Å². The van der Waals surface area contributed by atoms with Crippen molar-refractivity contribution in [2.24, 2.45) is 5.92 Å². The summed E-state index contributed by atoms with van der Waals surface area (Å²) in [5.41, 5.74) is 0. The molecule has 11 heavy (non-hydrogen) atoms. The van der Waals surface area contributed by atoms with Gasteiger partial charge in [0.15, 0.2) is 0 Å². The van der Waals surface area contributed by atoms with Gasteiger partial charge in [0, 0.05) is 5.92 Å². The number of terminal acetylenes is 1. The highest BCUT2D eigenvalue weighted by molar-refractivity contribution is 5.78. The van der Waals surface area contributed by atoms with Crippen LogP contribution in [0.5, 0.6) is 0 Å². The van der Waals surface area contributed by atoms with E-state index in [2.05, 4.69) is 18.2 Å². The van der Waals surface area contributed by atoms with Gasteiger partial charge in [-0.25, -0.2) is 0 Å². The second-order valence-corrected chi connectivity index (χ2v) is 2.61. The Morgan fingerprint density at radius 1 is 1.73 bits per heavy atom. The molecule has 0 spiro atoms. The van der Waals surface area contributed by atoms with Crippen LogP contribution in [0.25, 0.3) is 0 Å². The molecule has 0 fully saturated rings. The van der Waals surface area contributed by atoms with Crippen molar-refractivity contribution in [3.05, 3.63) is 0 Å². The van der Waals surface area contributed by atoms with Gasteiger partial charge in [0.2, 0.25) is 5.91 Å². The first-order valence-electron chi connectivity index (χ1n) is 3.93. The lowest BCUT2D eigenvalue weighted by Gasteiger charge is -2.08. The molecule has 1 N–H and O–H groups in total. The van der Waals surface area contributed by atoms with Crippen molar-refractivity contribution in [3.63, 3.8) is 0 Å². The average Bonchev–Trinajstić information content (AvgIpc) is 2.00. The summed E-state index contributed by atoms with van der Waals surface area (Å²) in [6, 6.07) is 0. The van der Waals surface area contributed by atoms with Gasteiger partial charge in [0.05, 0.1) is 6.54 Å². The summed E-state index contributed by atoms with van der Waals surface area (Å²) in [5.74, 6) is 2.51. The summed E-state index contributed by atoms with van der Waals surface area (Å²) >= 11 is 0. The summed E-state index contributed by atoms with van der Waals surface area (Å²) in [7, 11) is 0. The molecule has 0 aliphatic rings. The van der Waals surface area contributed by atoms with Crippen molar-refractivity contribution in [3.8, 4) is 12.3 Å². The Labute approximate surface area is 68.4 Å². The second-order valence-electron chi connectivity index (χ2n) is 2.61. The zero-order chi connectivity index (χ0) is 8.69. The van der Waals surface area contributed by atoms with E-state index in [1.807, 2.05) is 6.92 Å². The minimum atomic E-state index is 0.0600. The highest BCUT2D eigenvalue weighted by Gasteiger charge is 2.09. The van der Waals surface area contributed by atoms with Gasteiger partial charge in [-0.15, -0.1) is 6.42 Å². The van der Waals surface area contributed by atoms with E-state index in [1.165, 1.54) is 0 Å². The van der Waals surface area contributed by atoms with Gasteiger partial charge in [0.25, 0.3) is 0 Å². The first-order chi connectivity index (χ1) is 5.22. The van der Waals surface area contributed by atoms with Crippen LogP contribution in [0.2, 0.25) is 0 Å². The molecule has 0 aromatic rings. The maximum absolute atomic E-state index is 11.1. The maximum atomic E-state index is 11.1. The van der Waals surface area contributed by atoms with Gasteiger partial charge in [-0.3, -0.25) is 4.79 Å². The monoisotopic (exact) mass is 153 g/mol. The van der Waals surface area contributed by atoms with Crippen molar-refractivity contribution in [2.45, 2.75) is 26.7 Å². The molecule has 2 nitrogen and oxygen atoms in total. The lowest BCUT2D eigenvalue weighted by molar-refractivity contribution is -0.124. The smallest absolute Gasteiger partial charge is 0.223 e. The van der Waals surface area contributed by atoms with E-state index >= 15 is 0 Å². The number of carbonyl (C=O) groups is 1. The van der Waals surface area contributed by atoms with Gasteiger partial charge in [-0.2, -0.15) is 0 Å². The normalized spacial score (nSPS) is 11.7. The zero-order valence-electron chi connectivity index (χ0n) is 7.18. The van der Waals surface area contributed by atoms with Crippen molar-refractivity contribution in [1.29, 1.82) is 0 Å². The number of carbonyl (C=O) groups excluding carboxylic acids is 1. The van der Waals surface area contributed by atoms with Crippen molar-refractivity contribution < 1.29 is 4.79 Å². The molecule has 1 unspecified atom stereocenters. The minimum Gasteiger partial charge on any atom is -0.345 e. The summed E-state index contributed by atoms with van der Waals surface area (Å²) in [5, 5.41) is 2.64. The fourth-order valence-corrected chi connectivity index (χ4v) is 0.876. The lowest BCUT2D eigenvalue weighted by Crippen LogP contribution is -2.29. The summed E-state index contributed by atoms with van der Waals surface area (Å²) < 4.78 is 0. The lowest BCUT2D eigenvalue weighted by atomic mass is 10.1. The van der Waals surface area contributed by atoms with E-state index < -0.39 is 0 Å². The molecular formula is C9H15NO. The van der Waals surface area contributed by atoms with Gasteiger partial charge < -0.3 is 5.32 Å². The third kappa shape index (κ3) is 4.44. The zero-order valence-corrected chi connectivity index (χ0v) is 7.18. The SMILES string of the molecule is C#CCNC(=O)C(C)CCC. The molecule has 0 rings (SSSR count). The average molecular weight is 153 g/mol. The molecule has 2 heteroatoms. The van der Waals surface area contributed by atoms with Crippen molar-refractivity contribution in [2.75, 3.05) is 6.54 Å². The third-order valence-electron chi connectivity index (χ3n) is 1.53. The van der Waals surface area contributed by atoms with Crippen LogP contribution in [0.1, 0.15) is 26.7 Å². The first-order valence-corrected chi connectivity index (χ1v) is 3.93. The van der Waals surface area contributed by atoms with Crippen molar-refractivity contribution in [1.82, 2.24) is 5.32 Å². The van der Waals surface area contributed by atoms with E-state index in [1.54, 1.807) is 0 Å². The molecule has 1 amide bonds. The quantitative estimate of drug-likeness (QED) is 0.603. The second kappa shape index (κ2) is 5.79. The van der Waals surface area contributed by atoms with Gasteiger partial charge in [-0.05, 0) is 6.42 Å². The molecule has 0 aliphatic heterocycles. The van der Waals surface area contributed by atoms with Gasteiger partial charge >= 0.3 is 0 Å². The van der Waals surface area contributed by atoms with Crippen molar-refractivity contribution >= 4 is 5.91 Å². The van der Waals surface area contributed by atoms with E-state index in [-0.39, 0.29) is 11.8 Å². The highest BCUT2D eigenvalue weighted by atomic mass is 16.1. The van der Waals surface area contributed by atoms with E-state index in [4.69, 9.17) is 6.42 Å². The molecule has 0 aromatic carbocycles. The van der Waals surface area contributed by atoms with E-state index in [9.17, 15) is 4.79 Å². The van der Waals surface area contributed by atoms with Gasteiger partial charge in [-0.1, -0.05) is 26.2 Å². The summed E-state index contributed by atoms with van der Waals surface area (Å²) in [6.07, 6.45) is 6.95. The molecule has 0 radical (unpaired) electrons. The summed E-state index contributed by atoms with van der Waals surface area (Å²) in [4.78, 5) is 11.1. The van der Waals surface area contributed by atoms with Crippen LogP contribution in [-0.2, 0) is 4.79 Å². The molecule has 0 bridgehead atoms. The Kier molecular flexibility index (Phi) is 5.28. The van der Waals surface area contributed by atoms with Crippen LogP contribution in [0.4, 0.5) is 0 Å². The number of hydrogen-bond donors (Lipinski definition) is 1. The molecule has 0 heterocycles. The Balaban J connectivity index is 3.57. The van der Waals surface area contributed by atoms with Crippen LogP contribution < -0.4 is 5.32 Å². The Morgan fingerprint density at radius 3 is 2.82 bits per heavy atom. The van der Waals surface area contributed by atoms with Crippen LogP contribution in [0.3, 0.4) is 0 Å². The number of hydrogen-bond acceptors (Lipinski definition) is 1. The predicted octanol–water partition coefficient (Wildman–Crippen LogP) is 1.17. The molecule has 0 aromatic heterocycles. The molecule has 1 atom stereocenters. The Morgan fingerprint density at radius 2 is 2.36 bits per heavy atom. The van der Waals surface area contributed by atoms with Crippen LogP contribution in [0, 0.1) is 18.3 Å². The Hall–Kier alpha value is -0.970. The van der Waals surface area contributed by atoms with Crippen LogP contribution >= 0.6 is 0 Å². The fraction of sp³-hybridized carbons (Fsp3) is 0.667. The minimum absolute atomic E-state index is 0.0600. The highest BCUT2D eigenvalue weighted by Crippen LogP contribution is 2.03. The summed E-state index contributed by atoms with van der Waals surface area (Å²) in [6.45, 7) is 4.31. The molecule has 0 aliphatic carbocycles. The third-order valence-corrected chi connectivity index (χ3v) is 1.53. The number of amides is 1. The topological polar surface area (TPSA) is 29.1 Å². The first kappa shape index (κ1) is 10.0. The van der Waals surface area contributed by atoms with Gasteiger partial charge in [0.1, 0.15) is 0 Å².